The van der Waals surface area contributed by atoms with Gasteiger partial charge in [-0.05, 0) is 60.4 Å². The van der Waals surface area contributed by atoms with Gasteiger partial charge in [0.05, 0.1) is 0 Å². The molecule has 0 N–H and O–H groups in total. The molecule has 1 unspecified atom stereocenters. The fourth-order valence-electron chi connectivity index (χ4n) is 2.82. The number of carbonyl (C=O) groups is 1. The lowest BCUT2D eigenvalue weighted by atomic mass is 10.1. The third-order valence-corrected chi connectivity index (χ3v) is 6.52. The number of methoxy groups -OCH3 is 1. The highest BCUT2D eigenvalue weighted by molar-refractivity contribution is 6.78. The van der Waals surface area contributed by atoms with E-state index in [0.717, 1.165) is 29.9 Å². The molecule has 0 spiro atoms. The highest BCUT2D eigenvalue weighted by Gasteiger charge is 2.26. The van der Waals surface area contributed by atoms with Gasteiger partial charge in [0.2, 0.25) is 0 Å². The second-order valence-corrected chi connectivity index (χ2v) is 13.7. The predicted octanol–water partition coefficient (Wildman–Crippen LogP) is 5.70. The van der Waals surface area contributed by atoms with Gasteiger partial charge in [-0.1, -0.05) is 62.0 Å². The number of hydrogen-bond acceptors (Lipinski definition) is 4. The maximum absolute atomic E-state index is 12.1. The van der Waals surface area contributed by atoms with Crippen LogP contribution >= 0.6 is 0 Å². The lowest BCUT2D eigenvalue weighted by Crippen LogP contribution is -2.41. The van der Waals surface area contributed by atoms with Gasteiger partial charge in [-0.15, -0.1) is 6.42 Å². The molecule has 0 aliphatic rings. The van der Waals surface area contributed by atoms with Crippen molar-refractivity contribution in [3.05, 3.63) is 77.9 Å². The van der Waals surface area contributed by atoms with E-state index >= 15 is 0 Å². The fraction of sp³-hybridized carbons (Fsp3) is 0.296. The summed E-state index contributed by atoms with van der Waals surface area (Å²) in [5.74, 6) is 4.23. The molecule has 0 aliphatic heterocycles. The van der Waals surface area contributed by atoms with Gasteiger partial charge >= 0.3 is 0 Å². The van der Waals surface area contributed by atoms with E-state index in [1.54, 1.807) is 25.3 Å². The number of aryl methyl sites for hydroxylation is 1. The van der Waals surface area contributed by atoms with E-state index in [2.05, 4.69) is 25.6 Å². The van der Waals surface area contributed by atoms with Gasteiger partial charge in [0.1, 0.15) is 25.3 Å². The van der Waals surface area contributed by atoms with Crippen LogP contribution in [0, 0.1) is 12.3 Å². The quantitative estimate of drug-likeness (QED) is 0.181. The third kappa shape index (κ3) is 8.97. The zero-order chi connectivity index (χ0) is 23.4. The van der Waals surface area contributed by atoms with Crippen molar-refractivity contribution in [3.63, 3.8) is 0 Å². The van der Waals surface area contributed by atoms with Gasteiger partial charge in [0.25, 0.3) is 0 Å². The van der Waals surface area contributed by atoms with Crippen molar-refractivity contribution >= 4 is 19.9 Å². The molecular formula is C27H32O4Si. The number of carbonyl (C=O) groups excluding carboxylic acids is 1. The maximum atomic E-state index is 12.1. The Hall–Kier alpha value is -3.07. The smallest absolute Gasteiger partial charge is 0.188 e. The van der Waals surface area contributed by atoms with Crippen molar-refractivity contribution in [2.24, 2.45) is 0 Å². The molecule has 1 atom stereocenters. The number of hydrogen-bond donors (Lipinski definition) is 0. The molecule has 0 amide bonds. The maximum Gasteiger partial charge on any atom is 0.188 e. The molecule has 0 aliphatic carbocycles. The summed E-state index contributed by atoms with van der Waals surface area (Å²) in [5.41, 5.74) is 1.95. The topological polar surface area (TPSA) is 44.8 Å². The summed E-state index contributed by atoms with van der Waals surface area (Å²) in [6.45, 7) is 6.79. The standard InChI is InChI=1S/C27H32O4Si/c1-6-27(32(3,4)5)31-26-19-14-23(15-20-26)11-16-24(28)10-8-7-9-22-12-17-25(18-13-22)30-21-29-2/h1,8,10-20,27H,7,9,21H2,2-5H3. The van der Waals surface area contributed by atoms with Crippen LogP contribution in [0.3, 0.4) is 0 Å². The minimum atomic E-state index is -1.59. The Morgan fingerprint density at radius 2 is 1.69 bits per heavy atom. The van der Waals surface area contributed by atoms with E-state index in [1.165, 1.54) is 5.56 Å². The van der Waals surface area contributed by atoms with E-state index in [9.17, 15) is 4.79 Å². The number of benzene rings is 2. The molecular weight excluding hydrogens is 416 g/mol. The van der Waals surface area contributed by atoms with Gasteiger partial charge in [-0.3, -0.25) is 4.79 Å². The van der Waals surface area contributed by atoms with Crippen LogP contribution in [0.5, 0.6) is 11.5 Å². The van der Waals surface area contributed by atoms with Gasteiger partial charge in [0, 0.05) is 7.11 Å². The monoisotopic (exact) mass is 448 g/mol. The molecule has 32 heavy (non-hydrogen) atoms. The van der Waals surface area contributed by atoms with Crippen molar-refractivity contribution in [1.82, 2.24) is 0 Å². The molecule has 0 fully saturated rings. The van der Waals surface area contributed by atoms with Gasteiger partial charge in [-0.2, -0.15) is 0 Å². The first-order valence-corrected chi connectivity index (χ1v) is 14.2. The summed E-state index contributed by atoms with van der Waals surface area (Å²) < 4.78 is 16.2. The molecule has 2 aromatic rings. The van der Waals surface area contributed by atoms with Crippen molar-refractivity contribution in [2.75, 3.05) is 13.9 Å². The molecule has 5 heteroatoms. The van der Waals surface area contributed by atoms with E-state index < -0.39 is 8.07 Å². The number of ketones is 1. The van der Waals surface area contributed by atoms with Crippen LogP contribution in [-0.2, 0) is 16.0 Å². The summed E-state index contributed by atoms with van der Waals surface area (Å²) in [4.78, 5) is 12.1. The Balaban J connectivity index is 1.79. The molecule has 0 radical (unpaired) electrons. The summed E-state index contributed by atoms with van der Waals surface area (Å²) in [6, 6.07) is 15.5. The first-order chi connectivity index (χ1) is 15.3. The second kappa shape index (κ2) is 12.7. The first kappa shape index (κ1) is 25.2. The molecule has 2 aromatic carbocycles. The Labute approximate surface area is 192 Å². The van der Waals surface area contributed by atoms with E-state index in [1.807, 2.05) is 54.6 Å². The Morgan fingerprint density at radius 1 is 1.03 bits per heavy atom. The minimum absolute atomic E-state index is 0.0419. The lowest BCUT2D eigenvalue weighted by Gasteiger charge is -2.25. The zero-order valence-corrected chi connectivity index (χ0v) is 20.3. The van der Waals surface area contributed by atoms with Crippen LogP contribution in [0.4, 0.5) is 0 Å². The number of terminal acetylenes is 1. The predicted molar refractivity (Wildman–Crippen MR) is 133 cm³/mol. The molecule has 0 heterocycles. The van der Waals surface area contributed by atoms with Crippen LogP contribution in [0.25, 0.3) is 6.08 Å². The van der Waals surface area contributed by atoms with Crippen LogP contribution < -0.4 is 9.47 Å². The fourth-order valence-corrected chi connectivity index (χ4v) is 3.81. The summed E-state index contributed by atoms with van der Waals surface area (Å²) in [5, 5.41) is 0. The van der Waals surface area contributed by atoms with Gasteiger partial charge in [0.15, 0.2) is 12.6 Å². The van der Waals surface area contributed by atoms with Crippen LogP contribution in [0.15, 0.2) is 66.8 Å². The van der Waals surface area contributed by atoms with E-state index in [0.29, 0.717) is 0 Å². The van der Waals surface area contributed by atoms with Crippen molar-refractivity contribution < 1.29 is 19.0 Å². The highest BCUT2D eigenvalue weighted by atomic mass is 28.3. The van der Waals surface area contributed by atoms with Crippen LogP contribution in [0.1, 0.15) is 17.5 Å². The molecule has 0 aromatic heterocycles. The zero-order valence-electron chi connectivity index (χ0n) is 19.3. The Morgan fingerprint density at radius 3 is 2.28 bits per heavy atom. The first-order valence-electron chi connectivity index (χ1n) is 10.6. The molecule has 2 rings (SSSR count). The largest absolute Gasteiger partial charge is 0.482 e. The average Bonchev–Trinajstić information content (AvgIpc) is 2.78. The minimum Gasteiger partial charge on any atom is -0.482 e. The SMILES string of the molecule is C#CC(Oc1ccc(C=CC(=O)C=CCCc2ccc(OCOC)cc2)cc1)[Si](C)(C)C. The number of ether oxygens (including phenoxy) is 3. The number of allylic oxidation sites excluding steroid dienone is 3. The van der Waals surface area contributed by atoms with Crippen molar-refractivity contribution in [3.8, 4) is 23.8 Å². The van der Waals surface area contributed by atoms with E-state index in [4.69, 9.17) is 20.6 Å². The second-order valence-electron chi connectivity index (χ2n) is 8.47. The Bertz CT molecular complexity index is 945. The molecule has 0 saturated heterocycles. The number of rotatable bonds is 12. The van der Waals surface area contributed by atoms with Crippen LogP contribution in [-0.4, -0.2) is 33.5 Å². The molecule has 168 valence electrons. The summed E-state index contributed by atoms with van der Waals surface area (Å²) in [7, 11) is -0.00260. The van der Waals surface area contributed by atoms with Crippen molar-refractivity contribution in [1.29, 1.82) is 0 Å². The Kier molecular flexibility index (Phi) is 10.00. The van der Waals surface area contributed by atoms with Gasteiger partial charge in [-0.25, -0.2) is 0 Å². The molecule has 0 saturated carbocycles. The van der Waals surface area contributed by atoms with Crippen LogP contribution in [0.2, 0.25) is 19.6 Å². The third-order valence-electron chi connectivity index (χ3n) is 4.66. The highest BCUT2D eigenvalue weighted by Crippen LogP contribution is 2.19. The normalized spacial score (nSPS) is 12.6. The molecule has 0 bridgehead atoms. The lowest BCUT2D eigenvalue weighted by molar-refractivity contribution is -0.110. The average molecular weight is 449 g/mol. The summed E-state index contributed by atoms with van der Waals surface area (Å²) in [6.07, 6.45) is 14.1. The van der Waals surface area contributed by atoms with E-state index in [-0.39, 0.29) is 18.3 Å². The van der Waals surface area contributed by atoms with Crippen molar-refractivity contribution in [2.45, 2.75) is 38.2 Å². The molecule has 4 nitrogen and oxygen atoms in total. The summed E-state index contributed by atoms with van der Waals surface area (Å²) >= 11 is 0. The van der Waals surface area contributed by atoms with Gasteiger partial charge < -0.3 is 14.2 Å².